The van der Waals surface area contributed by atoms with Crippen molar-refractivity contribution >= 4 is 17.8 Å². The summed E-state index contributed by atoms with van der Waals surface area (Å²) in [4.78, 5) is 9.89. The predicted molar refractivity (Wildman–Crippen MR) is 54.6 cm³/mol. The van der Waals surface area contributed by atoms with Crippen LogP contribution >= 0.6 is 11.8 Å². The maximum atomic E-state index is 10.5. The summed E-state index contributed by atoms with van der Waals surface area (Å²) < 4.78 is 0. The van der Waals surface area contributed by atoms with E-state index in [1.54, 1.807) is 29.7 Å². The molecule has 0 N–H and O–H groups in total. The fraction of sp³-hybridized carbons (Fsp3) is 0. The minimum absolute atomic E-state index is 0.168. The highest BCUT2D eigenvalue weighted by molar-refractivity contribution is 8.07. The van der Waals surface area contributed by atoms with Gasteiger partial charge in [-0.05, 0) is 5.56 Å². The molecule has 1 aromatic carbocycles. The molecule has 70 valence electrons. The molecule has 0 heterocycles. The van der Waals surface area contributed by atoms with Gasteiger partial charge in [0.25, 0.3) is 0 Å². The lowest BCUT2D eigenvalue weighted by atomic mass is 10.2. The van der Waals surface area contributed by atoms with Crippen LogP contribution in [0.5, 0.6) is 0 Å². The highest BCUT2D eigenvalue weighted by atomic mass is 32.2. The molecule has 14 heavy (non-hydrogen) atoms. The van der Waals surface area contributed by atoms with Crippen LogP contribution in [-0.2, 0) is 0 Å². The predicted octanol–water partition coefficient (Wildman–Crippen LogP) is 2.48. The van der Waals surface area contributed by atoms with Crippen molar-refractivity contribution in [2.24, 2.45) is 0 Å². The quantitative estimate of drug-likeness (QED) is 0.433. The summed E-state index contributed by atoms with van der Waals surface area (Å²) in [7, 11) is 0. The third kappa shape index (κ3) is 2.92. The summed E-state index contributed by atoms with van der Waals surface area (Å²) in [6.07, 6.45) is 1.37. The first kappa shape index (κ1) is 10.3. The normalized spacial score (nSPS) is 10.6. The Morgan fingerprint density at radius 3 is 2.64 bits per heavy atom. The van der Waals surface area contributed by atoms with Gasteiger partial charge in [-0.3, -0.25) is 10.1 Å². The highest BCUT2D eigenvalue weighted by Gasteiger charge is 2.10. The monoisotopic (exact) mass is 206 g/mol. The molecule has 4 nitrogen and oxygen atoms in total. The van der Waals surface area contributed by atoms with Crippen molar-refractivity contribution in [2.45, 2.75) is 0 Å². The van der Waals surface area contributed by atoms with Crippen LogP contribution in [0.2, 0.25) is 0 Å². The molecule has 0 amide bonds. The lowest BCUT2D eigenvalue weighted by Gasteiger charge is -1.92. The van der Waals surface area contributed by atoms with E-state index in [0.717, 1.165) is 0 Å². The van der Waals surface area contributed by atoms with Gasteiger partial charge in [-0.1, -0.05) is 30.3 Å². The van der Waals surface area contributed by atoms with Crippen LogP contribution in [0.15, 0.2) is 35.4 Å². The van der Waals surface area contributed by atoms with Crippen LogP contribution in [0.1, 0.15) is 5.56 Å². The molecule has 0 bridgehead atoms. The standard InChI is InChI=1S/C9H6N2O2S/c10-7-14-9(11(12)13)6-8-4-2-1-3-5-8/h1-6H. The first-order valence-electron chi connectivity index (χ1n) is 3.71. The van der Waals surface area contributed by atoms with Crippen molar-refractivity contribution in [3.8, 4) is 5.40 Å². The van der Waals surface area contributed by atoms with Crippen molar-refractivity contribution in [3.05, 3.63) is 51.0 Å². The highest BCUT2D eigenvalue weighted by Crippen LogP contribution is 2.18. The van der Waals surface area contributed by atoms with E-state index in [2.05, 4.69) is 0 Å². The van der Waals surface area contributed by atoms with E-state index < -0.39 is 4.92 Å². The van der Waals surface area contributed by atoms with Crippen molar-refractivity contribution in [2.75, 3.05) is 0 Å². The van der Waals surface area contributed by atoms with Gasteiger partial charge in [-0.25, -0.2) is 0 Å². The maximum Gasteiger partial charge on any atom is 0.318 e. The molecule has 0 saturated carbocycles. The van der Waals surface area contributed by atoms with E-state index in [9.17, 15) is 10.1 Å². The van der Waals surface area contributed by atoms with E-state index in [1.807, 2.05) is 6.07 Å². The van der Waals surface area contributed by atoms with Gasteiger partial charge in [0.2, 0.25) is 0 Å². The van der Waals surface area contributed by atoms with Gasteiger partial charge >= 0.3 is 5.03 Å². The van der Waals surface area contributed by atoms with Gasteiger partial charge < -0.3 is 0 Å². The summed E-state index contributed by atoms with van der Waals surface area (Å²) in [6, 6.07) is 8.85. The average molecular weight is 206 g/mol. The smallest absolute Gasteiger partial charge is 0.258 e. The minimum Gasteiger partial charge on any atom is -0.258 e. The van der Waals surface area contributed by atoms with Crippen LogP contribution in [0.4, 0.5) is 0 Å². The summed E-state index contributed by atoms with van der Waals surface area (Å²) in [5, 5.41) is 20.3. The van der Waals surface area contributed by atoms with Crippen molar-refractivity contribution in [3.63, 3.8) is 0 Å². The van der Waals surface area contributed by atoms with Crippen LogP contribution in [0.25, 0.3) is 6.08 Å². The number of nitro groups is 1. The van der Waals surface area contributed by atoms with Crippen LogP contribution in [-0.4, -0.2) is 4.92 Å². The fourth-order valence-electron chi connectivity index (χ4n) is 0.858. The molecule has 0 radical (unpaired) electrons. The number of hydrogen-bond acceptors (Lipinski definition) is 4. The van der Waals surface area contributed by atoms with Crippen molar-refractivity contribution < 1.29 is 4.92 Å². The van der Waals surface area contributed by atoms with Gasteiger partial charge in [0.15, 0.2) is 0 Å². The summed E-state index contributed by atoms with van der Waals surface area (Å²) in [5.74, 6) is 0. The Kier molecular flexibility index (Phi) is 3.70. The number of nitriles is 1. The molecule has 0 spiro atoms. The lowest BCUT2D eigenvalue weighted by molar-refractivity contribution is -0.408. The average Bonchev–Trinajstić information content (AvgIpc) is 2.18. The lowest BCUT2D eigenvalue weighted by Crippen LogP contribution is -1.92. The maximum absolute atomic E-state index is 10.5. The Morgan fingerprint density at radius 1 is 1.50 bits per heavy atom. The molecule has 0 unspecified atom stereocenters. The second-order valence-electron chi connectivity index (χ2n) is 2.34. The van der Waals surface area contributed by atoms with Gasteiger partial charge in [0.1, 0.15) is 5.40 Å². The number of benzene rings is 1. The molecule has 0 aliphatic carbocycles. The molecular weight excluding hydrogens is 200 g/mol. The zero-order chi connectivity index (χ0) is 10.4. The second kappa shape index (κ2) is 5.04. The Bertz CT molecular complexity index is 395. The molecule has 0 aliphatic rings. The number of hydrogen-bond donors (Lipinski definition) is 0. The Balaban J connectivity index is 2.95. The summed E-state index contributed by atoms with van der Waals surface area (Å²) in [5.41, 5.74) is 0.710. The molecule has 1 rings (SSSR count). The Morgan fingerprint density at radius 2 is 2.14 bits per heavy atom. The third-order valence-corrected chi connectivity index (χ3v) is 1.99. The fourth-order valence-corrected chi connectivity index (χ4v) is 1.22. The van der Waals surface area contributed by atoms with Gasteiger partial charge in [-0.15, -0.1) is 0 Å². The molecule has 0 aliphatic heterocycles. The van der Waals surface area contributed by atoms with Crippen LogP contribution < -0.4 is 0 Å². The van der Waals surface area contributed by atoms with E-state index in [-0.39, 0.29) is 5.03 Å². The first-order chi connectivity index (χ1) is 6.74. The first-order valence-corrected chi connectivity index (χ1v) is 4.53. The zero-order valence-electron chi connectivity index (χ0n) is 7.08. The SMILES string of the molecule is N#CSC(=Cc1ccccc1)[N+](=O)[O-]. The van der Waals surface area contributed by atoms with E-state index >= 15 is 0 Å². The summed E-state index contributed by atoms with van der Waals surface area (Å²) in [6.45, 7) is 0. The molecule has 0 aromatic heterocycles. The zero-order valence-corrected chi connectivity index (χ0v) is 7.90. The number of rotatable bonds is 3. The van der Waals surface area contributed by atoms with E-state index in [0.29, 0.717) is 17.3 Å². The molecule has 1 aromatic rings. The number of nitrogens with zero attached hydrogens (tertiary/aromatic N) is 2. The largest absolute Gasteiger partial charge is 0.318 e. The van der Waals surface area contributed by atoms with Gasteiger partial charge in [0, 0.05) is 6.08 Å². The topological polar surface area (TPSA) is 66.9 Å². The number of thioether (sulfide) groups is 1. The van der Waals surface area contributed by atoms with Crippen molar-refractivity contribution in [1.82, 2.24) is 0 Å². The van der Waals surface area contributed by atoms with Gasteiger partial charge in [0.05, 0.1) is 16.7 Å². The minimum atomic E-state index is -0.569. The van der Waals surface area contributed by atoms with Crippen molar-refractivity contribution in [1.29, 1.82) is 5.26 Å². The Hall–Kier alpha value is -1.80. The van der Waals surface area contributed by atoms with Crippen LogP contribution in [0, 0.1) is 20.8 Å². The molecule has 5 heteroatoms. The summed E-state index contributed by atoms with van der Waals surface area (Å²) >= 11 is 0.547. The molecule has 0 saturated heterocycles. The van der Waals surface area contributed by atoms with E-state index in [1.165, 1.54) is 6.08 Å². The third-order valence-electron chi connectivity index (χ3n) is 1.42. The second-order valence-corrected chi connectivity index (χ2v) is 3.15. The molecule has 0 fully saturated rings. The molecule has 0 atom stereocenters. The van der Waals surface area contributed by atoms with E-state index in [4.69, 9.17) is 5.26 Å². The molecular formula is C9H6N2O2S. The number of thiocyanates is 1. The van der Waals surface area contributed by atoms with Crippen LogP contribution in [0.3, 0.4) is 0 Å². The Labute approximate surface area is 85.0 Å². The van der Waals surface area contributed by atoms with Gasteiger partial charge in [-0.2, -0.15) is 5.26 Å².